The Morgan fingerprint density at radius 3 is 2.94 bits per heavy atom. The molecule has 0 N–H and O–H groups in total. The lowest BCUT2D eigenvalue weighted by Crippen LogP contribution is -2.14. The van der Waals surface area contributed by atoms with Gasteiger partial charge in [-0.2, -0.15) is 4.80 Å². The van der Waals surface area contributed by atoms with E-state index in [9.17, 15) is 4.79 Å². The van der Waals surface area contributed by atoms with Crippen molar-refractivity contribution in [3.8, 4) is 11.2 Å². The van der Waals surface area contributed by atoms with Crippen LogP contribution in [0.3, 0.4) is 0 Å². The Balaban J connectivity index is 1.94. The van der Waals surface area contributed by atoms with Crippen molar-refractivity contribution in [2.24, 2.45) is 7.05 Å². The van der Waals surface area contributed by atoms with E-state index in [1.165, 1.54) is 6.20 Å². The maximum atomic E-state index is 11.2. The Labute approximate surface area is 101 Å². The predicted molar refractivity (Wildman–Crippen MR) is 55.3 cm³/mol. The molecule has 0 atom stereocenters. The average molecular weight is 306 g/mol. The lowest BCUT2D eigenvalue weighted by Gasteiger charge is -1.96. The van der Waals surface area contributed by atoms with E-state index in [1.54, 1.807) is 7.05 Å². The van der Waals surface area contributed by atoms with Gasteiger partial charge < -0.3 is 9.47 Å². The zero-order valence-electron chi connectivity index (χ0n) is 7.82. The number of thiazole rings is 1. The SMILES string of the molecule is Cn1nnc(OC(=O)Oc2ncc(Br)s2)n1. The first-order chi connectivity index (χ1) is 7.63. The summed E-state index contributed by atoms with van der Waals surface area (Å²) in [6.45, 7) is 0. The molecule has 2 aromatic heterocycles. The van der Waals surface area contributed by atoms with E-state index in [-0.39, 0.29) is 11.2 Å². The van der Waals surface area contributed by atoms with Crippen molar-refractivity contribution in [1.29, 1.82) is 0 Å². The molecule has 0 aromatic carbocycles. The third-order valence-electron chi connectivity index (χ3n) is 1.29. The third-order valence-corrected chi connectivity index (χ3v) is 2.65. The molecule has 16 heavy (non-hydrogen) atoms. The van der Waals surface area contributed by atoms with E-state index in [4.69, 9.17) is 4.74 Å². The molecule has 10 heteroatoms. The van der Waals surface area contributed by atoms with Gasteiger partial charge in [0.2, 0.25) is 0 Å². The summed E-state index contributed by atoms with van der Waals surface area (Å²) in [5, 5.41) is 10.7. The molecule has 0 aliphatic carbocycles. The van der Waals surface area contributed by atoms with Crippen LogP contribution in [0.15, 0.2) is 9.98 Å². The first-order valence-electron chi connectivity index (χ1n) is 3.88. The Morgan fingerprint density at radius 1 is 1.56 bits per heavy atom. The predicted octanol–water partition coefficient (Wildman–Crippen LogP) is 1.01. The second kappa shape index (κ2) is 4.53. The van der Waals surface area contributed by atoms with Crippen LogP contribution < -0.4 is 9.47 Å². The lowest BCUT2D eigenvalue weighted by molar-refractivity contribution is 0.147. The first-order valence-corrected chi connectivity index (χ1v) is 5.49. The molecule has 0 amide bonds. The van der Waals surface area contributed by atoms with E-state index in [0.29, 0.717) is 0 Å². The highest BCUT2D eigenvalue weighted by molar-refractivity contribution is 9.11. The summed E-state index contributed by atoms with van der Waals surface area (Å²) < 4.78 is 10.1. The van der Waals surface area contributed by atoms with Crippen molar-refractivity contribution in [3.63, 3.8) is 0 Å². The van der Waals surface area contributed by atoms with Gasteiger partial charge in [-0.1, -0.05) is 21.5 Å². The molecule has 0 bridgehead atoms. The van der Waals surface area contributed by atoms with E-state index in [1.807, 2.05) is 0 Å². The largest absolute Gasteiger partial charge is 0.523 e. The Bertz CT molecular complexity index is 467. The normalized spacial score (nSPS) is 10.1. The molecule has 2 rings (SSSR count). The van der Waals surface area contributed by atoms with Gasteiger partial charge in [-0.25, -0.2) is 9.78 Å². The fourth-order valence-electron chi connectivity index (χ4n) is 0.761. The van der Waals surface area contributed by atoms with Crippen molar-refractivity contribution >= 4 is 33.4 Å². The average Bonchev–Trinajstić information content (AvgIpc) is 2.76. The molecule has 0 radical (unpaired) electrons. The summed E-state index contributed by atoms with van der Waals surface area (Å²) in [7, 11) is 1.54. The highest BCUT2D eigenvalue weighted by atomic mass is 79.9. The molecular weight excluding hydrogens is 302 g/mol. The minimum atomic E-state index is -0.963. The van der Waals surface area contributed by atoms with Crippen LogP contribution in [0.1, 0.15) is 0 Å². The van der Waals surface area contributed by atoms with Crippen LogP contribution in [0, 0.1) is 0 Å². The Hall–Kier alpha value is -1.55. The van der Waals surface area contributed by atoms with Gasteiger partial charge in [-0.3, -0.25) is 0 Å². The number of aromatic nitrogens is 5. The number of rotatable bonds is 2. The van der Waals surface area contributed by atoms with Crippen LogP contribution in [0.5, 0.6) is 11.2 Å². The molecule has 0 aliphatic heterocycles. The Kier molecular flexibility index (Phi) is 3.10. The number of carbonyl (C=O) groups excluding carboxylic acids is 1. The van der Waals surface area contributed by atoms with E-state index in [0.717, 1.165) is 19.9 Å². The lowest BCUT2D eigenvalue weighted by atomic mass is 11.0. The highest BCUT2D eigenvalue weighted by Crippen LogP contribution is 2.25. The molecule has 2 heterocycles. The fourth-order valence-corrected chi connectivity index (χ4v) is 1.77. The maximum Gasteiger partial charge on any atom is 0.523 e. The molecule has 0 fully saturated rings. The van der Waals surface area contributed by atoms with E-state index >= 15 is 0 Å². The van der Waals surface area contributed by atoms with E-state index < -0.39 is 6.16 Å². The number of aryl methyl sites for hydroxylation is 1. The van der Waals surface area contributed by atoms with Crippen LogP contribution >= 0.6 is 27.3 Å². The standard InChI is InChI=1S/C6H4BrN5O3S/c1-12-10-4(9-11-12)14-6(13)15-5-8-2-3(7)16-5/h2H,1H3. The second-order valence-electron chi connectivity index (χ2n) is 2.45. The van der Waals surface area contributed by atoms with Crippen LogP contribution in [-0.2, 0) is 7.05 Å². The summed E-state index contributed by atoms with van der Waals surface area (Å²) in [5.74, 6) is 0. The number of hydrogen-bond donors (Lipinski definition) is 0. The number of nitrogens with zero attached hydrogens (tertiary/aromatic N) is 5. The quantitative estimate of drug-likeness (QED) is 0.764. The van der Waals surface area contributed by atoms with Gasteiger partial charge in [0.1, 0.15) is 0 Å². The summed E-state index contributed by atoms with van der Waals surface area (Å²) in [5.41, 5.74) is 0. The minimum Gasteiger partial charge on any atom is -0.365 e. The summed E-state index contributed by atoms with van der Waals surface area (Å²) in [6, 6.07) is -0.178. The molecule has 8 nitrogen and oxygen atoms in total. The van der Waals surface area contributed by atoms with Crippen molar-refractivity contribution in [2.45, 2.75) is 0 Å². The smallest absolute Gasteiger partial charge is 0.365 e. The van der Waals surface area contributed by atoms with Gasteiger partial charge in [0.05, 0.1) is 17.0 Å². The second-order valence-corrected chi connectivity index (χ2v) is 4.82. The summed E-state index contributed by atoms with van der Waals surface area (Å²) >= 11 is 4.33. The third kappa shape index (κ3) is 2.73. The van der Waals surface area contributed by atoms with Gasteiger partial charge in [-0.05, 0) is 21.1 Å². The van der Waals surface area contributed by atoms with Crippen LogP contribution in [-0.4, -0.2) is 31.3 Å². The van der Waals surface area contributed by atoms with Crippen LogP contribution in [0.25, 0.3) is 0 Å². The molecular formula is C6H4BrN5O3S. The molecule has 0 spiro atoms. The molecule has 84 valence electrons. The Morgan fingerprint density at radius 2 is 2.38 bits per heavy atom. The molecule has 0 saturated carbocycles. The van der Waals surface area contributed by atoms with Gasteiger partial charge in [0.15, 0.2) is 0 Å². The number of hydrogen-bond acceptors (Lipinski definition) is 8. The van der Waals surface area contributed by atoms with Crippen LogP contribution in [0.2, 0.25) is 0 Å². The van der Waals surface area contributed by atoms with Crippen molar-refractivity contribution in [2.75, 3.05) is 0 Å². The first kappa shape index (κ1) is 11.0. The molecule has 0 aliphatic rings. The zero-order chi connectivity index (χ0) is 11.5. The van der Waals surface area contributed by atoms with Gasteiger partial charge in [-0.15, -0.1) is 0 Å². The summed E-state index contributed by atoms with van der Waals surface area (Å²) in [6.07, 6.45) is 0.545. The summed E-state index contributed by atoms with van der Waals surface area (Å²) in [4.78, 5) is 16.1. The van der Waals surface area contributed by atoms with Gasteiger partial charge in [0, 0.05) is 0 Å². The van der Waals surface area contributed by atoms with Crippen molar-refractivity contribution < 1.29 is 14.3 Å². The molecule has 0 unspecified atom stereocenters. The number of ether oxygens (including phenoxy) is 2. The van der Waals surface area contributed by atoms with Crippen molar-refractivity contribution in [1.82, 2.24) is 25.2 Å². The number of carbonyl (C=O) groups is 1. The zero-order valence-corrected chi connectivity index (χ0v) is 10.2. The molecule has 0 saturated heterocycles. The number of tetrazole rings is 1. The van der Waals surface area contributed by atoms with Crippen molar-refractivity contribution in [3.05, 3.63) is 9.98 Å². The maximum absolute atomic E-state index is 11.2. The van der Waals surface area contributed by atoms with Gasteiger partial charge >= 0.3 is 12.2 Å². The highest BCUT2D eigenvalue weighted by Gasteiger charge is 2.13. The van der Waals surface area contributed by atoms with E-state index in [2.05, 4.69) is 41.1 Å². The monoisotopic (exact) mass is 305 g/mol. The molecule has 2 aromatic rings. The fraction of sp³-hybridized carbons (Fsp3) is 0.167. The number of halogens is 1. The minimum absolute atomic E-state index is 0.167. The van der Waals surface area contributed by atoms with Gasteiger partial charge in [0.25, 0.3) is 5.19 Å². The van der Waals surface area contributed by atoms with Crippen LogP contribution in [0.4, 0.5) is 4.79 Å². The topological polar surface area (TPSA) is 92.0 Å².